The zero-order valence-electron chi connectivity index (χ0n) is 17.7. The molecule has 4 heterocycles. The maximum atomic E-state index is 13.3. The number of hydrogen-bond donors (Lipinski definition) is 3. The quantitative estimate of drug-likeness (QED) is 0.541. The molecule has 1 spiro atoms. The van der Waals surface area contributed by atoms with Crippen molar-refractivity contribution in [2.75, 3.05) is 5.32 Å². The number of aromatic nitrogens is 2. The Morgan fingerprint density at radius 3 is 2.84 bits per heavy atom. The summed E-state index contributed by atoms with van der Waals surface area (Å²) in [6.45, 7) is 2.84. The van der Waals surface area contributed by atoms with E-state index in [4.69, 9.17) is 0 Å². The minimum Gasteiger partial charge on any atom is -0.361 e. The molecule has 8 heteroatoms. The maximum Gasteiger partial charge on any atom is 0.294 e. The van der Waals surface area contributed by atoms with Crippen molar-refractivity contribution in [3.8, 4) is 0 Å². The van der Waals surface area contributed by atoms with Crippen LogP contribution in [0, 0.1) is 0 Å². The summed E-state index contributed by atoms with van der Waals surface area (Å²) >= 11 is 1.75. The maximum absolute atomic E-state index is 13.3. The first-order valence-corrected chi connectivity index (χ1v) is 11.9. The molecule has 32 heavy (non-hydrogen) atoms. The molecule has 1 aromatic carbocycles. The van der Waals surface area contributed by atoms with E-state index < -0.39 is 6.04 Å². The Labute approximate surface area is 189 Å². The Morgan fingerprint density at radius 2 is 2.06 bits per heavy atom. The Bertz CT molecular complexity index is 1220. The van der Waals surface area contributed by atoms with Gasteiger partial charge in [0, 0.05) is 46.7 Å². The Morgan fingerprint density at radius 1 is 1.22 bits per heavy atom. The van der Waals surface area contributed by atoms with Gasteiger partial charge in [0.1, 0.15) is 6.04 Å². The number of amides is 1. The molecule has 1 amide bonds. The fraction of sp³-hybridized carbons (Fsp3) is 0.375. The van der Waals surface area contributed by atoms with Gasteiger partial charge in [0.15, 0.2) is 5.82 Å². The predicted molar refractivity (Wildman–Crippen MR) is 124 cm³/mol. The molecule has 164 valence electrons. The first kappa shape index (κ1) is 19.7. The number of nitrogens with one attached hydrogen (secondary N) is 3. The van der Waals surface area contributed by atoms with Crippen LogP contribution >= 0.6 is 11.3 Å². The number of rotatable bonds is 6. The third-order valence-corrected chi connectivity index (χ3v) is 8.06. The van der Waals surface area contributed by atoms with Gasteiger partial charge in [-0.25, -0.2) is 4.98 Å². The summed E-state index contributed by atoms with van der Waals surface area (Å²) in [6.07, 6.45) is 4.51. The molecule has 1 atom stereocenters. The van der Waals surface area contributed by atoms with Gasteiger partial charge in [-0.15, -0.1) is 11.3 Å². The van der Waals surface area contributed by atoms with Gasteiger partial charge >= 0.3 is 0 Å². The van der Waals surface area contributed by atoms with Gasteiger partial charge in [-0.2, -0.15) is 0 Å². The Hall–Kier alpha value is -2.97. The average molecular weight is 448 g/mol. The van der Waals surface area contributed by atoms with Crippen LogP contribution in [-0.4, -0.2) is 15.5 Å². The molecular formula is C24H25N5O2S. The lowest BCUT2D eigenvalue weighted by atomic mass is 9.99. The number of anilines is 1. The predicted octanol–water partition coefficient (Wildman–Crippen LogP) is 2.81. The van der Waals surface area contributed by atoms with E-state index in [0.29, 0.717) is 25.3 Å². The SMILES string of the molecule is O=C(NCc1cc2c(s1)CNC2)[C@@H]1CC2(CC2)c2cnc(NCc3ccccc3)c(=O)n21. The molecular weight excluding hydrogens is 422 g/mol. The smallest absolute Gasteiger partial charge is 0.294 e. The number of hydrogen-bond acceptors (Lipinski definition) is 6. The van der Waals surface area contributed by atoms with Crippen LogP contribution in [-0.2, 0) is 36.4 Å². The molecule has 7 nitrogen and oxygen atoms in total. The van der Waals surface area contributed by atoms with Gasteiger partial charge in [0.05, 0.1) is 6.54 Å². The molecule has 3 aliphatic rings. The summed E-state index contributed by atoms with van der Waals surface area (Å²) in [5.74, 6) is 0.222. The van der Waals surface area contributed by atoms with Crippen molar-refractivity contribution < 1.29 is 4.79 Å². The van der Waals surface area contributed by atoms with E-state index in [9.17, 15) is 9.59 Å². The fourth-order valence-electron chi connectivity index (χ4n) is 4.98. The highest BCUT2D eigenvalue weighted by atomic mass is 32.1. The molecule has 2 aliphatic heterocycles. The Balaban J connectivity index is 1.22. The van der Waals surface area contributed by atoms with Gasteiger partial charge in [-0.3, -0.25) is 14.2 Å². The van der Waals surface area contributed by atoms with Gasteiger partial charge in [0.2, 0.25) is 5.91 Å². The van der Waals surface area contributed by atoms with Crippen molar-refractivity contribution in [1.82, 2.24) is 20.2 Å². The first-order chi connectivity index (χ1) is 15.6. The van der Waals surface area contributed by atoms with E-state index in [1.54, 1.807) is 22.1 Å². The monoisotopic (exact) mass is 447 g/mol. The van der Waals surface area contributed by atoms with Gasteiger partial charge in [0.25, 0.3) is 5.56 Å². The minimum absolute atomic E-state index is 0.0537. The molecule has 3 N–H and O–H groups in total. The lowest BCUT2D eigenvalue weighted by Crippen LogP contribution is -2.36. The largest absolute Gasteiger partial charge is 0.361 e. The summed E-state index contributed by atoms with van der Waals surface area (Å²) in [5.41, 5.74) is 3.06. The van der Waals surface area contributed by atoms with Crippen molar-refractivity contribution in [3.63, 3.8) is 0 Å². The highest BCUT2D eigenvalue weighted by Crippen LogP contribution is 2.57. The topological polar surface area (TPSA) is 88.1 Å². The summed E-state index contributed by atoms with van der Waals surface area (Å²) in [5, 5.41) is 9.59. The lowest BCUT2D eigenvalue weighted by Gasteiger charge is -2.15. The van der Waals surface area contributed by atoms with Gasteiger partial charge in [-0.1, -0.05) is 30.3 Å². The summed E-state index contributed by atoms with van der Waals surface area (Å²) in [4.78, 5) is 33.5. The molecule has 3 aromatic rings. The second-order valence-electron chi connectivity index (χ2n) is 8.99. The van der Waals surface area contributed by atoms with E-state index in [0.717, 1.165) is 42.1 Å². The molecule has 0 radical (unpaired) electrons. The third-order valence-electron chi connectivity index (χ3n) is 6.88. The van der Waals surface area contributed by atoms with Crippen LogP contribution in [0.3, 0.4) is 0 Å². The fourth-order valence-corrected chi connectivity index (χ4v) is 6.07. The number of carbonyl (C=O) groups is 1. The molecule has 0 unspecified atom stereocenters. The number of nitrogens with zero attached hydrogens (tertiary/aromatic N) is 2. The highest BCUT2D eigenvalue weighted by molar-refractivity contribution is 7.12. The van der Waals surface area contributed by atoms with Crippen LogP contribution in [0.5, 0.6) is 0 Å². The van der Waals surface area contributed by atoms with E-state index in [-0.39, 0.29) is 16.9 Å². The standard InChI is InChI=1S/C24H25N5O2S/c30-22(28-12-17-8-16-11-25-13-19(16)32-17)18-9-24(6-7-24)20-14-27-21(23(31)29(18)20)26-10-15-4-2-1-3-5-15/h1-5,8,14,18,25H,6-7,9-13H2,(H,26,27)(H,28,30)/t18-/m0/s1. The molecule has 0 bridgehead atoms. The van der Waals surface area contributed by atoms with E-state index >= 15 is 0 Å². The van der Waals surface area contributed by atoms with Crippen molar-refractivity contribution in [2.24, 2.45) is 0 Å². The summed E-state index contributed by atoms with van der Waals surface area (Å²) in [7, 11) is 0. The third kappa shape index (κ3) is 3.34. The van der Waals surface area contributed by atoms with Crippen LogP contribution in [0.1, 0.15) is 51.9 Å². The van der Waals surface area contributed by atoms with Crippen molar-refractivity contribution in [3.05, 3.63) is 79.5 Å². The molecule has 1 aliphatic carbocycles. The highest BCUT2D eigenvalue weighted by Gasteiger charge is 2.55. The van der Waals surface area contributed by atoms with Gasteiger partial charge < -0.3 is 16.0 Å². The first-order valence-electron chi connectivity index (χ1n) is 11.1. The van der Waals surface area contributed by atoms with Crippen molar-refractivity contribution in [1.29, 1.82) is 0 Å². The van der Waals surface area contributed by atoms with Crippen LogP contribution in [0.25, 0.3) is 0 Å². The van der Waals surface area contributed by atoms with Crippen LogP contribution in [0.4, 0.5) is 5.82 Å². The number of benzene rings is 1. The molecule has 2 aromatic heterocycles. The van der Waals surface area contributed by atoms with Crippen LogP contribution in [0.2, 0.25) is 0 Å². The zero-order valence-corrected chi connectivity index (χ0v) is 18.5. The molecule has 6 rings (SSSR count). The number of carbonyl (C=O) groups excluding carboxylic acids is 1. The summed E-state index contributed by atoms with van der Waals surface area (Å²) < 4.78 is 1.70. The molecule has 0 saturated heterocycles. The molecule has 1 saturated carbocycles. The van der Waals surface area contributed by atoms with Crippen LogP contribution in [0.15, 0.2) is 47.4 Å². The number of fused-ring (bicyclic) bond motifs is 3. The average Bonchev–Trinajstić information content (AvgIpc) is 3.12. The van der Waals surface area contributed by atoms with E-state index in [1.807, 2.05) is 30.3 Å². The second-order valence-corrected chi connectivity index (χ2v) is 10.2. The van der Waals surface area contributed by atoms with E-state index in [1.165, 1.54) is 10.4 Å². The normalized spacial score (nSPS) is 19.6. The zero-order chi connectivity index (χ0) is 21.7. The second kappa shape index (κ2) is 7.56. The van der Waals surface area contributed by atoms with Gasteiger partial charge in [-0.05, 0) is 36.5 Å². The van der Waals surface area contributed by atoms with E-state index in [2.05, 4.69) is 27.0 Å². The summed E-state index contributed by atoms with van der Waals surface area (Å²) in [6, 6.07) is 11.6. The van der Waals surface area contributed by atoms with Crippen molar-refractivity contribution in [2.45, 2.75) is 56.9 Å². The van der Waals surface area contributed by atoms with Crippen molar-refractivity contribution >= 4 is 23.1 Å². The lowest BCUT2D eigenvalue weighted by molar-refractivity contribution is -0.124. The minimum atomic E-state index is -0.478. The van der Waals surface area contributed by atoms with Crippen LogP contribution < -0.4 is 21.5 Å². The Kier molecular flexibility index (Phi) is 4.66. The number of thiophene rings is 1. The molecule has 1 fully saturated rings.